The summed E-state index contributed by atoms with van der Waals surface area (Å²) in [7, 11) is 0. The van der Waals surface area contributed by atoms with E-state index in [1.54, 1.807) is 5.38 Å². The van der Waals surface area contributed by atoms with Crippen LogP contribution in [0.3, 0.4) is 0 Å². The molecule has 3 N–H and O–H groups in total. The second-order valence-corrected chi connectivity index (χ2v) is 6.13. The fourth-order valence-electron chi connectivity index (χ4n) is 2.00. The molecule has 1 amide bonds. The van der Waals surface area contributed by atoms with Crippen molar-refractivity contribution in [1.82, 2.24) is 10.3 Å². The van der Waals surface area contributed by atoms with Crippen molar-refractivity contribution < 1.29 is 4.79 Å². The van der Waals surface area contributed by atoms with Gasteiger partial charge in [-0.05, 0) is 24.9 Å². The standard InChI is InChI=1S/C16H21N3OS.ClH/c1-11-3-5-13(6-4-11)12(2)9-18-16(20)14-10-21-15(19-14)7-8-17;/h3-6,10,12H,7-9,17H2,1-2H3,(H,18,20);1H. The molecule has 0 spiro atoms. The second-order valence-electron chi connectivity index (χ2n) is 5.19. The molecule has 22 heavy (non-hydrogen) atoms. The van der Waals surface area contributed by atoms with Gasteiger partial charge in [-0.3, -0.25) is 4.79 Å². The summed E-state index contributed by atoms with van der Waals surface area (Å²) in [4.78, 5) is 16.3. The molecule has 2 rings (SSSR count). The van der Waals surface area contributed by atoms with Crippen molar-refractivity contribution in [3.05, 3.63) is 51.5 Å². The molecular weight excluding hydrogens is 318 g/mol. The highest BCUT2D eigenvalue weighted by molar-refractivity contribution is 7.09. The molecular formula is C16H22ClN3OS. The van der Waals surface area contributed by atoms with Crippen molar-refractivity contribution in [1.29, 1.82) is 0 Å². The van der Waals surface area contributed by atoms with E-state index in [2.05, 4.69) is 48.4 Å². The zero-order chi connectivity index (χ0) is 15.2. The van der Waals surface area contributed by atoms with Crippen molar-refractivity contribution in [2.45, 2.75) is 26.2 Å². The van der Waals surface area contributed by atoms with Crippen LogP contribution in [0.5, 0.6) is 0 Å². The first-order chi connectivity index (χ1) is 10.1. The summed E-state index contributed by atoms with van der Waals surface area (Å²) in [6.07, 6.45) is 0.720. The molecule has 0 saturated carbocycles. The lowest BCUT2D eigenvalue weighted by molar-refractivity contribution is 0.0947. The van der Waals surface area contributed by atoms with E-state index in [0.717, 1.165) is 11.4 Å². The van der Waals surface area contributed by atoms with Crippen LogP contribution < -0.4 is 11.1 Å². The van der Waals surface area contributed by atoms with Crippen LogP contribution in [-0.2, 0) is 6.42 Å². The predicted octanol–water partition coefficient (Wildman–Crippen LogP) is 2.91. The van der Waals surface area contributed by atoms with Crippen LogP contribution in [-0.4, -0.2) is 24.0 Å². The van der Waals surface area contributed by atoms with Crippen LogP contribution in [0.2, 0.25) is 0 Å². The van der Waals surface area contributed by atoms with E-state index in [9.17, 15) is 4.79 Å². The van der Waals surface area contributed by atoms with Gasteiger partial charge >= 0.3 is 0 Å². The first-order valence-corrected chi connectivity index (χ1v) is 7.97. The Morgan fingerprint density at radius 2 is 2.05 bits per heavy atom. The minimum absolute atomic E-state index is 0. The number of nitrogens with two attached hydrogens (primary N) is 1. The quantitative estimate of drug-likeness (QED) is 0.850. The number of amides is 1. The third kappa shape index (κ3) is 5.09. The molecule has 2 aromatic rings. The molecule has 6 heteroatoms. The lowest BCUT2D eigenvalue weighted by Crippen LogP contribution is -2.27. The highest BCUT2D eigenvalue weighted by Crippen LogP contribution is 2.15. The Bertz CT molecular complexity index is 598. The number of hydrogen-bond donors (Lipinski definition) is 2. The zero-order valence-electron chi connectivity index (χ0n) is 12.8. The molecule has 1 heterocycles. The molecule has 1 unspecified atom stereocenters. The predicted molar refractivity (Wildman–Crippen MR) is 94.0 cm³/mol. The SMILES string of the molecule is Cc1ccc(C(C)CNC(=O)c2csc(CCN)n2)cc1.Cl. The number of thiazole rings is 1. The monoisotopic (exact) mass is 339 g/mol. The molecule has 0 bridgehead atoms. The van der Waals surface area contributed by atoms with Crippen molar-refractivity contribution in [3.8, 4) is 0 Å². The van der Waals surface area contributed by atoms with E-state index >= 15 is 0 Å². The number of carbonyl (C=O) groups is 1. The number of nitrogens with one attached hydrogen (secondary N) is 1. The molecule has 4 nitrogen and oxygen atoms in total. The Labute approximate surface area is 141 Å². The second kappa shape index (κ2) is 8.88. The van der Waals surface area contributed by atoms with Crippen LogP contribution in [0.4, 0.5) is 0 Å². The number of benzene rings is 1. The van der Waals surface area contributed by atoms with E-state index in [0.29, 0.717) is 18.8 Å². The summed E-state index contributed by atoms with van der Waals surface area (Å²) < 4.78 is 0. The number of rotatable bonds is 6. The van der Waals surface area contributed by atoms with Gasteiger partial charge in [-0.2, -0.15) is 0 Å². The lowest BCUT2D eigenvalue weighted by atomic mass is 10.00. The summed E-state index contributed by atoms with van der Waals surface area (Å²) >= 11 is 1.48. The molecule has 0 fully saturated rings. The van der Waals surface area contributed by atoms with E-state index in [1.807, 2.05) is 0 Å². The van der Waals surface area contributed by atoms with Gasteiger partial charge in [-0.15, -0.1) is 23.7 Å². The van der Waals surface area contributed by atoms with Gasteiger partial charge in [0.15, 0.2) is 0 Å². The summed E-state index contributed by atoms with van der Waals surface area (Å²) in [6, 6.07) is 8.39. The summed E-state index contributed by atoms with van der Waals surface area (Å²) in [5.41, 5.74) is 8.44. The zero-order valence-corrected chi connectivity index (χ0v) is 14.5. The lowest BCUT2D eigenvalue weighted by Gasteiger charge is -2.12. The first kappa shape index (κ1) is 18.6. The maximum Gasteiger partial charge on any atom is 0.270 e. The van der Waals surface area contributed by atoms with E-state index in [4.69, 9.17) is 5.73 Å². The van der Waals surface area contributed by atoms with Crippen molar-refractivity contribution >= 4 is 29.7 Å². The molecule has 0 aliphatic carbocycles. The maximum atomic E-state index is 12.1. The number of hydrogen-bond acceptors (Lipinski definition) is 4. The average Bonchev–Trinajstić information content (AvgIpc) is 2.94. The molecule has 1 atom stereocenters. The van der Waals surface area contributed by atoms with Crippen LogP contribution in [0, 0.1) is 6.92 Å². The van der Waals surface area contributed by atoms with Gasteiger partial charge in [0.1, 0.15) is 5.69 Å². The summed E-state index contributed by atoms with van der Waals surface area (Å²) in [5.74, 6) is 0.158. The van der Waals surface area contributed by atoms with E-state index in [1.165, 1.54) is 22.5 Å². The van der Waals surface area contributed by atoms with Gasteiger partial charge in [0, 0.05) is 18.3 Å². The molecule has 0 aliphatic heterocycles. The van der Waals surface area contributed by atoms with Crippen LogP contribution >= 0.6 is 23.7 Å². The van der Waals surface area contributed by atoms with Crippen LogP contribution in [0.15, 0.2) is 29.6 Å². The average molecular weight is 340 g/mol. The fourth-order valence-corrected chi connectivity index (χ4v) is 2.80. The van der Waals surface area contributed by atoms with E-state index in [-0.39, 0.29) is 24.2 Å². The molecule has 0 radical (unpaired) electrons. The van der Waals surface area contributed by atoms with Gasteiger partial charge in [-0.25, -0.2) is 4.98 Å². The smallest absolute Gasteiger partial charge is 0.270 e. The highest BCUT2D eigenvalue weighted by atomic mass is 35.5. The molecule has 1 aromatic carbocycles. The van der Waals surface area contributed by atoms with Gasteiger partial charge in [-0.1, -0.05) is 36.8 Å². The number of halogens is 1. The third-order valence-corrected chi connectivity index (χ3v) is 4.27. The van der Waals surface area contributed by atoms with E-state index < -0.39 is 0 Å². The fraction of sp³-hybridized carbons (Fsp3) is 0.375. The number of aryl methyl sites for hydroxylation is 1. The van der Waals surface area contributed by atoms with Gasteiger partial charge in [0.25, 0.3) is 5.91 Å². The number of aromatic nitrogens is 1. The van der Waals surface area contributed by atoms with Crippen molar-refractivity contribution in [2.24, 2.45) is 5.73 Å². The summed E-state index contributed by atoms with van der Waals surface area (Å²) in [6.45, 7) is 5.33. The highest BCUT2D eigenvalue weighted by Gasteiger charge is 2.12. The Balaban J connectivity index is 0.00000242. The Morgan fingerprint density at radius 3 is 2.68 bits per heavy atom. The molecule has 1 aromatic heterocycles. The van der Waals surface area contributed by atoms with Crippen molar-refractivity contribution in [3.63, 3.8) is 0 Å². The third-order valence-electron chi connectivity index (χ3n) is 3.36. The Hall–Kier alpha value is -1.43. The normalized spacial score (nSPS) is 11.6. The van der Waals surface area contributed by atoms with Crippen LogP contribution in [0.1, 0.15) is 39.5 Å². The minimum atomic E-state index is -0.117. The Kier molecular flexibility index (Phi) is 7.51. The molecule has 0 saturated heterocycles. The molecule has 0 aliphatic rings. The van der Waals surface area contributed by atoms with Gasteiger partial charge in [0.2, 0.25) is 0 Å². The van der Waals surface area contributed by atoms with Crippen molar-refractivity contribution in [2.75, 3.05) is 13.1 Å². The topological polar surface area (TPSA) is 68.0 Å². The number of nitrogens with zero attached hydrogens (tertiary/aromatic N) is 1. The number of carbonyl (C=O) groups excluding carboxylic acids is 1. The van der Waals surface area contributed by atoms with Crippen LogP contribution in [0.25, 0.3) is 0 Å². The van der Waals surface area contributed by atoms with Gasteiger partial charge < -0.3 is 11.1 Å². The largest absolute Gasteiger partial charge is 0.350 e. The Morgan fingerprint density at radius 1 is 1.36 bits per heavy atom. The molecule has 120 valence electrons. The summed E-state index contributed by atoms with van der Waals surface area (Å²) in [5, 5.41) is 5.64. The first-order valence-electron chi connectivity index (χ1n) is 7.09. The minimum Gasteiger partial charge on any atom is -0.350 e. The van der Waals surface area contributed by atoms with Gasteiger partial charge in [0.05, 0.1) is 5.01 Å². The maximum absolute atomic E-state index is 12.1.